The van der Waals surface area contributed by atoms with E-state index in [1.807, 2.05) is 4.90 Å². The van der Waals surface area contributed by atoms with Gasteiger partial charge in [-0.1, -0.05) is 19.3 Å². The molecule has 3 heteroatoms. The normalized spacial score (nSPS) is 32.0. The lowest BCUT2D eigenvalue weighted by molar-refractivity contribution is -0.133. The van der Waals surface area contributed by atoms with E-state index in [2.05, 4.69) is 6.92 Å². The van der Waals surface area contributed by atoms with Crippen LogP contribution in [-0.4, -0.2) is 29.4 Å². The molecule has 0 aromatic heterocycles. The molecule has 16 heavy (non-hydrogen) atoms. The third-order valence-corrected chi connectivity index (χ3v) is 4.32. The van der Waals surface area contributed by atoms with Gasteiger partial charge in [-0.25, -0.2) is 0 Å². The van der Waals surface area contributed by atoms with Crippen LogP contribution in [0.15, 0.2) is 0 Å². The van der Waals surface area contributed by atoms with E-state index in [0.29, 0.717) is 11.8 Å². The van der Waals surface area contributed by atoms with E-state index in [1.165, 1.54) is 32.1 Å². The molecule has 0 radical (unpaired) electrons. The maximum absolute atomic E-state index is 12.1. The fraction of sp³-hybridized carbons (Fsp3) is 0.923. The summed E-state index contributed by atoms with van der Waals surface area (Å²) in [6, 6.07) is 0.436. The number of amides is 1. The first-order valence-electron chi connectivity index (χ1n) is 6.73. The summed E-state index contributed by atoms with van der Waals surface area (Å²) in [5.74, 6) is 0.984. The number of nitrogens with two attached hydrogens (primary N) is 1. The van der Waals surface area contributed by atoms with Crippen LogP contribution in [0, 0.1) is 5.92 Å². The van der Waals surface area contributed by atoms with Crippen molar-refractivity contribution >= 4 is 5.91 Å². The fourth-order valence-electron chi connectivity index (χ4n) is 3.07. The molecule has 1 aliphatic carbocycles. The van der Waals surface area contributed by atoms with E-state index in [1.54, 1.807) is 0 Å². The topological polar surface area (TPSA) is 46.3 Å². The van der Waals surface area contributed by atoms with E-state index >= 15 is 0 Å². The van der Waals surface area contributed by atoms with Crippen LogP contribution in [0.3, 0.4) is 0 Å². The molecule has 2 rings (SSSR count). The van der Waals surface area contributed by atoms with Crippen LogP contribution in [0.4, 0.5) is 0 Å². The average Bonchev–Trinajstić information content (AvgIpc) is 2.61. The van der Waals surface area contributed by atoms with E-state index in [9.17, 15) is 4.79 Å². The second-order valence-corrected chi connectivity index (χ2v) is 5.49. The van der Waals surface area contributed by atoms with Gasteiger partial charge in [0.25, 0.3) is 0 Å². The monoisotopic (exact) mass is 224 g/mol. The third-order valence-electron chi connectivity index (χ3n) is 4.32. The number of rotatable bonds is 2. The zero-order valence-corrected chi connectivity index (χ0v) is 10.3. The summed E-state index contributed by atoms with van der Waals surface area (Å²) < 4.78 is 0. The average molecular weight is 224 g/mol. The number of carbonyl (C=O) groups excluding carboxylic acids is 1. The molecule has 1 saturated carbocycles. The van der Waals surface area contributed by atoms with Crippen molar-refractivity contribution in [2.45, 2.75) is 64.0 Å². The molecule has 0 bridgehead atoms. The molecule has 0 aromatic rings. The first-order valence-corrected chi connectivity index (χ1v) is 6.73. The first kappa shape index (κ1) is 11.9. The van der Waals surface area contributed by atoms with Crippen molar-refractivity contribution in [1.82, 2.24) is 4.90 Å². The summed E-state index contributed by atoms with van der Waals surface area (Å²) in [7, 11) is 0. The van der Waals surface area contributed by atoms with Gasteiger partial charge in [0.05, 0.1) is 0 Å². The minimum atomic E-state index is 0.190. The van der Waals surface area contributed by atoms with Gasteiger partial charge < -0.3 is 10.6 Å². The van der Waals surface area contributed by atoms with Gasteiger partial charge in [0, 0.05) is 25.0 Å². The molecule has 1 heterocycles. The van der Waals surface area contributed by atoms with E-state index in [0.717, 1.165) is 19.4 Å². The Hall–Kier alpha value is -0.570. The number of nitrogens with zero attached hydrogens (tertiary/aromatic N) is 1. The van der Waals surface area contributed by atoms with Crippen molar-refractivity contribution in [1.29, 1.82) is 0 Å². The van der Waals surface area contributed by atoms with Gasteiger partial charge in [-0.2, -0.15) is 0 Å². The molecule has 0 spiro atoms. The maximum Gasteiger partial charge on any atom is 0.223 e. The van der Waals surface area contributed by atoms with Crippen molar-refractivity contribution in [3.05, 3.63) is 0 Å². The summed E-state index contributed by atoms with van der Waals surface area (Å²) in [4.78, 5) is 14.1. The van der Waals surface area contributed by atoms with E-state index in [-0.39, 0.29) is 12.1 Å². The molecule has 2 unspecified atom stereocenters. The predicted octanol–water partition coefficient (Wildman–Crippen LogP) is 1.90. The molecule has 92 valence electrons. The van der Waals surface area contributed by atoms with Crippen LogP contribution in [0.2, 0.25) is 0 Å². The summed E-state index contributed by atoms with van der Waals surface area (Å²) in [6.07, 6.45) is 8.21. The largest absolute Gasteiger partial charge is 0.338 e. The smallest absolute Gasteiger partial charge is 0.223 e. The van der Waals surface area contributed by atoms with E-state index < -0.39 is 0 Å². The Labute approximate surface area is 98.4 Å². The molecular formula is C13H24N2O. The SMILES string of the molecule is CC1C(N)CCN1C(=O)CC1CCCCC1. The second kappa shape index (κ2) is 5.17. The van der Waals surface area contributed by atoms with Crippen molar-refractivity contribution in [2.75, 3.05) is 6.54 Å². The number of hydrogen-bond acceptors (Lipinski definition) is 2. The van der Waals surface area contributed by atoms with Crippen LogP contribution in [0.5, 0.6) is 0 Å². The van der Waals surface area contributed by atoms with Gasteiger partial charge in [-0.3, -0.25) is 4.79 Å². The van der Waals surface area contributed by atoms with Crippen molar-refractivity contribution < 1.29 is 4.79 Å². The van der Waals surface area contributed by atoms with Crippen LogP contribution < -0.4 is 5.73 Å². The highest BCUT2D eigenvalue weighted by Gasteiger charge is 2.32. The number of likely N-dealkylation sites (tertiary alicyclic amines) is 1. The van der Waals surface area contributed by atoms with Gasteiger partial charge in [-0.05, 0) is 32.1 Å². The lowest BCUT2D eigenvalue weighted by Crippen LogP contribution is -2.41. The lowest BCUT2D eigenvalue weighted by Gasteiger charge is -2.27. The molecule has 0 aromatic carbocycles. The zero-order valence-electron chi connectivity index (χ0n) is 10.3. The predicted molar refractivity (Wildman–Crippen MR) is 65.0 cm³/mol. The zero-order chi connectivity index (χ0) is 11.5. The minimum absolute atomic E-state index is 0.190. The molecule has 2 aliphatic rings. The van der Waals surface area contributed by atoms with Crippen molar-refractivity contribution in [3.63, 3.8) is 0 Å². The maximum atomic E-state index is 12.1. The molecule has 1 aliphatic heterocycles. The van der Waals surface area contributed by atoms with Gasteiger partial charge in [-0.15, -0.1) is 0 Å². The van der Waals surface area contributed by atoms with Gasteiger partial charge >= 0.3 is 0 Å². The Morgan fingerprint density at radius 3 is 2.50 bits per heavy atom. The molecule has 1 amide bonds. The minimum Gasteiger partial charge on any atom is -0.338 e. The quantitative estimate of drug-likeness (QED) is 0.778. The highest BCUT2D eigenvalue weighted by molar-refractivity contribution is 5.77. The molecule has 1 saturated heterocycles. The van der Waals surface area contributed by atoms with Gasteiger partial charge in [0.1, 0.15) is 0 Å². The molecule has 2 fully saturated rings. The molecule has 2 atom stereocenters. The molecular weight excluding hydrogens is 200 g/mol. The van der Waals surface area contributed by atoms with Crippen LogP contribution >= 0.6 is 0 Å². The Morgan fingerprint density at radius 1 is 1.25 bits per heavy atom. The van der Waals surface area contributed by atoms with Crippen molar-refractivity contribution in [3.8, 4) is 0 Å². The van der Waals surface area contributed by atoms with Gasteiger partial charge in [0.2, 0.25) is 5.91 Å². The van der Waals surface area contributed by atoms with Crippen LogP contribution in [0.25, 0.3) is 0 Å². The Kier molecular flexibility index (Phi) is 3.85. The fourth-order valence-corrected chi connectivity index (χ4v) is 3.07. The summed E-state index contributed by atoms with van der Waals surface area (Å²) in [5.41, 5.74) is 5.95. The Balaban J connectivity index is 1.83. The van der Waals surface area contributed by atoms with Crippen molar-refractivity contribution in [2.24, 2.45) is 11.7 Å². The molecule has 3 nitrogen and oxygen atoms in total. The Morgan fingerprint density at radius 2 is 1.94 bits per heavy atom. The first-order chi connectivity index (χ1) is 7.68. The third kappa shape index (κ3) is 2.57. The van der Waals surface area contributed by atoms with Crippen LogP contribution in [-0.2, 0) is 4.79 Å². The summed E-state index contributed by atoms with van der Waals surface area (Å²) >= 11 is 0. The number of carbonyl (C=O) groups is 1. The molecule has 2 N–H and O–H groups in total. The standard InChI is InChI=1S/C13H24N2O/c1-10-12(14)7-8-15(10)13(16)9-11-5-3-2-4-6-11/h10-12H,2-9,14H2,1H3. The second-order valence-electron chi connectivity index (χ2n) is 5.49. The highest BCUT2D eigenvalue weighted by Crippen LogP contribution is 2.28. The number of hydrogen-bond donors (Lipinski definition) is 1. The summed E-state index contributed by atoms with van der Waals surface area (Å²) in [5, 5.41) is 0. The highest BCUT2D eigenvalue weighted by atomic mass is 16.2. The summed E-state index contributed by atoms with van der Waals surface area (Å²) in [6.45, 7) is 2.95. The van der Waals surface area contributed by atoms with Gasteiger partial charge in [0.15, 0.2) is 0 Å². The Bertz CT molecular complexity index is 248. The lowest BCUT2D eigenvalue weighted by atomic mass is 9.86. The van der Waals surface area contributed by atoms with Crippen LogP contribution in [0.1, 0.15) is 51.9 Å². The van der Waals surface area contributed by atoms with E-state index in [4.69, 9.17) is 5.73 Å².